The van der Waals surface area contributed by atoms with Crippen molar-refractivity contribution in [3.8, 4) is 0 Å². The van der Waals surface area contributed by atoms with Crippen LogP contribution in [-0.2, 0) is 11.2 Å². The Balaban J connectivity index is 1.56. The number of nitrogens with zero attached hydrogens (tertiary/aromatic N) is 4. The highest BCUT2D eigenvalue weighted by Gasteiger charge is 2.24. The van der Waals surface area contributed by atoms with E-state index < -0.39 is 0 Å². The normalized spacial score (nSPS) is 17.0. The molecular formula is C20H22N4O2. The summed E-state index contributed by atoms with van der Waals surface area (Å²) in [4.78, 5) is 34.2. The first-order valence-corrected chi connectivity index (χ1v) is 9.06. The highest BCUT2D eigenvalue weighted by molar-refractivity contribution is 6.07. The predicted octanol–water partition coefficient (Wildman–Crippen LogP) is 1.95. The Labute approximate surface area is 153 Å². The molecule has 0 bridgehead atoms. The van der Waals surface area contributed by atoms with Gasteiger partial charge in [-0.15, -0.1) is 0 Å². The van der Waals surface area contributed by atoms with Crippen molar-refractivity contribution in [3.63, 3.8) is 0 Å². The first-order valence-electron chi connectivity index (χ1n) is 9.06. The Kier molecular flexibility index (Phi) is 4.56. The molecule has 1 aromatic heterocycles. The molecular weight excluding hydrogens is 328 g/mol. The average molecular weight is 350 g/mol. The standard InChI is InChI=1S/C20H22N4O2/c25-15-22-10-12-23(13-11-22)19-14-17(7-8-21-19)20(26)24-9-3-5-16-4-1-2-6-18(16)24/h1-2,4,6-8,14-15H,3,5,9-13H2. The molecule has 1 fully saturated rings. The van der Waals surface area contributed by atoms with E-state index in [0.717, 1.165) is 50.4 Å². The molecule has 4 rings (SSSR count). The summed E-state index contributed by atoms with van der Waals surface area (Å²) < 4.78 is 0. The fraction of sp³-hybridized carbons (Fsp3) is 0.350. The van der Waals surface area contributed by atoms with Gasteiger partial charge < -0.3 is 14.7 Å². The topological polar surface area (TPSA) is 56.8 Å². The van der Waals surface area contributed by atoms with Gasteiger partial charge in [0, 0.05) is 50.2 Å². The van der Waals surface area contributed by atoms with Gasteiger partial charge in [0.05, 0.1) is 0 Å². The van der Waals surface area contributed by atoms with Gasteiger partial charge >= 0.3 is 0 Å². The largest absolute Gasteiger partial charge is 0.353 e. The Hall–Kier alpha value is -2.89. The molecule has 26 heavy (non-hydrogen) atoms. The summed E-state index contributed by atoms with van der Waals surface area (Å²) in [6, 6.07) is 11.8. The van der Waals surface area contributed by atoms with Gasteiger partial charge in [-0.25, -0.2) is 4.98 Å². The van der Waals surface area contributed by atoms with E-state index in [9.17, 15) is 9.59 Å². The molecule has 3 heterocycles. The second kappa shape index (κ2) is 7.15. The van der Waals surface area contributed by atoms with Crippen LogP contribution < -0.4 is 9.80 Å². The Bertz CT molecular complexity index is 815. The number of piperazine rings is 1. The molecule has 1 saturated heterocycles. The number of aromatic nitrogens is 1. The number of hydrogen-bond acceptors (Lipinski definition) is 4. The van der Waals surface area contributed by atoms with Gasteiger partial charge in [-0.3, -0.25) is 9.59 Å². The molecule has 0 unspecified atom stereocenters. The minimum absolute atomic E-state index is 0.0207. The molecule has 134 valence electrons. The van der Waals surface area contributed by atoms with E-state index in [4.69, 9.17) is 0 Å². The summed E-state index contributed by atoms with van der Waals surface area (Å²) >= 11 is 0. The number of benzene rings is 1. The van der Waals surface area contributed by atoms with Crippen LogP contribution in [0, 0.1) is 0 Å². The number of para-hydroxylation sites is 1. The van der Waals surface area contributed by atoms with E-state index in [1.807, 2.05) is 29.2 Å². The number of rotatable bonds is 3. The van der Waals surface area contributed by atoms with Gasteiger partial charge in [-0.05, 0) is 36.6 Å². The lowest BCUT2D eigenvalue weighted by molar-refractivity contribution is -0.118. The number of carbonyl (C=O) groups is 2. The zero-order chi connectivity index (χ0) is 17.9. The van der Waals surface area contributed by atoms with Crippen molar-refractivity contribution >= 4 is 23.8 Å². The molecule has 0 spiro atoms. The number of aryl methyl sites for hydroxylation is 1. The van der Waals surface area contributed by atoms with Crippen molar-refractivity contribution in [2.24, 2.45) is 0 Å². The molecule has 2 aliphatic heterocycles. The first-order chi connectivity index (χ1) is 12.8. The van der Waals surface area contributed by atoms with Gasteiger partial charge in [0.15, 0.2) is 0 Å². The molecule has 0 saturated carbocycles. The third-order valence-electron chi connectivity index (χ3n) is 5.14. The van der Waals surface area contributed by atoms with Crippen LogP contribution in [0.2, 0.25) is 0 Å². The van der Waals surface area contributed by atoms with Crippen LogP contribution >= 0.6 is 0 Å². The summed E-state index contributed by atoms with van der Waals surface area (Å²) in [6.07, 6.45) is 4.58. The number of amides is 2. The fourth-order valence-corrected chi connectivity index (χ4v) is 3.68. The van der Waals surface area contributed by atoms with Crippen LogP contribution in [0.25, 0.3) is 0 Å². The zero-order valence-corrected chi connectivity index (χ0v) is 14.7. The van der Waals surface area contributed by atoms with Crippen molar-refractivity contribution in [2.45, 2.75) is 12.8 Å². The average Bonchev–Trinajstić information content (AvgIpc) is 2.73. The van der Waals surface area contributed by atoms with Gasteiger partial charge in [0.25, 0.3) is 5.91 Å². The minimum Gasteiger partial charge on any atom is -0.353 e. The summed E-state index contributed by atoms with van der Waals surface area (Å²) in [5.74, 6) is 0.819. The molecule has 1 aromatic carbocycles. The molecule has 6 nitrogen and oxygen atoms in total. The van der Waals surface area contributed by atoms with Gasteiger partial charge in [0.1, 0.15) is 5.82 Å². The highest BCUT2D eigenvalue weighted by atomic mass is 16.2. The van der Waals surface area contributed by atoms with Gasteiger partial charge in [-0.1, -0.05) is 18.2 Å². The van der Waals surface area contributed by atoms with Crippen LogP contribution in [0.1, 0.15) is 22.3 Å². The number of fused-ring (bicyclic) bond motifs is 1. The predicted molar refractivity (Wildman–Crippen MR) is 101 cm³/mol. The lowest BCUT2D eigenvalue weighted by atomic mass is 10.0. The molecule has 2 aliphatic rings. The van der Waals surface area contributed by atoms with E-state index in [1.54, 1.807) is 17.2 Å². The summed E-state index contributed by atoms with van der Waals surface area (Å²) in [5.41, 5.74) is 2.90. The molecule has 6 heteroatoms. The Morgan fingerprint density at radius 3 is 2.65 bits per heavy atom. The Morgan fingerprint density at radius 1 is 1.04 bits per heavy atom. The monoisotopic (exact) mass is 350 g/mol. The molecule has 0 aliphatic carbocycles. The van der Waals surface area contributed by atoms with Gasteiger partial charge in [0.2, 0.25) is 6.41 Å². The van der Waals surface area contributed by atoms with Crippen molar-refractivity contribution in [2.75, 3.05) is 42.5 Å². The van der Waals surface area contributed by atoms with Crippen LogP contribution in [0.5, 0.6) is 0 Å². The summed E-state index contributed by atoms with van der Waals surface area (Å²) in [6.45, 7) is 3.57. The van der Waals surface area contributed by atoms with E-state index in [2.05, 4.69) is 16.0 Å². The van der Waals surface area contributed by atoms with Crippen LogP contribution in [-0.4, -0.2) is 54.9 Å². The smallest absolute Gasteiger partial charge is 0.258 e. The van der Waals surface area contributed by atoms with Crippen LogP contribution in [0.4, 0.5) is 11.5 Å². The van der Waals surface area contributed by atoms with E-state index >= 15 is 0 Å². The lowest BCUT2D eigenvalue weighted by Gasteiger charge is -2.33. The van der Waals surface area contributed by atoms with E-state index in [-0.39, 0.29) is 5.91 Å². The molecule has 2 aromatic rings. The second-order valence-electron chi connectivity index (χ2n) is 6.72. The summed E-state index contributed by atoms with van der Waals surface area (Å²) in [7, 11) is 0. The fourth-order valence-electron chi connectivity index (χ4n) is 3.68. The maximum absolute atomic E-state index is 13.1. The lowest BCUT2D eigenvalue weighted by Crippen LogP contribution is -2.46. The molecule has 0 N–H and O–H groups in total. The zero-order valence-electron chi connectivity index (χ0n) is 14.7. The summed E-state index contributed by atoms with van der Waals surface area (Å²) in [5, 5.41) is 0. The SMILES string of the molecule is O=CN1CCN(c2cc(C(=O)N3CCCc4ccccc43)ccn2)CC1. The first kappa shape index (κ1) is 16.6. The third kappa shape index (κ3) is 3.14. The maximum atomic E-state index is 13.1. The van der Waals surface area contributed by atoms with Crippen molar-refractivity contribution in [3.05, 3.63) is 53.7 Å². The Morgan fingerprint density at radius 2 is 1.85 bits per heavy atom. The number of hydrogen-bond donors (Lipinski definition) is 0. The maximum Gasteiger partial charge on any atom is 0.258 e. The van der Waals surface area contributed by atoms with Crippen molar-refractivity contribution < 1.29 is 9.59 Å². The molecule has 2 amide bonds. The third-order valence-corrected chi connectivity index (χ3v) is 5.14. The van der Waals surface area contributed by atoms with Crippen LogP contribution in [0.15, 0.2) is 42.6 Å². The number of anilines is 2. The molecule has 0 radical (unpaired) electrons. The quantitative estimate of drug-likeness (QED) is 0.794. The second-order valence-corrected chi connectivity index (χ2v) is 6.72. The van der Waals surface area contributed by atoms with Crippen molar-refractivity contribution in [1.29, 1.82) is 0 Å². The molecule has 0 atom stereocenters. The number of pyridine rings is 1. The number of carbonyl (C=O) groups excluding carboxylic acids is 2. The van der Waals surface area contributed by atoms with E-state index in [1.165, 1.54) is 5.56 Å². The highest BCUT2D eigenvalue weighted by Crippen LogP contribution is 2.28. The van der Waals surface area contributed by atoms with Gasteiger partial charge in [-0.2, -0.15) is 0 Å². The van der Waals surface area contributed by atoms with Crippen molar-refractivity contribution in [1.82, 2.24) is 9.88 Å². The minimum atomic E-state index is 0.0207. The van der Waals surface area contributed by atoms with Crippen LogP contribution in [0.3, 0.4) is 0 Å². The van der Waals surface area contributed by atoms with E-state index in [0.29, 0.717) is 18.7 Å².